The third-order valence-electron chi connectivity index (χ3n) is 2.66. The van der Waals surface area contributed by atoms with E-state index in [1.807, 2.05) is 0 Å². The minimum absolute atomic E-state index is 0.0522. The highest BCUT2D eigenvalue weighted by Gasteiger charge is 2.13. The van der Waals surface area contributed by atoms with Gasteiger partial charge in [-0.25, -0.2) is 4.39 Å². The summed E-state index contributed by atoms with van der Waals surface area (Å²) in [6.45, 7) is 0. The Morgan fingerprint density at radius 1 is 1.29 bits per heavy atom. The van der Waals surface area contributed by atoms with Crippen molar-refractivity contribution in [3.63, 3.8) is 0 Å². The number of nitriles is 1. The predicted molar refractivity (Wildman–Crippen MR) is 79.9 cm³/mol. The molecule has 0 unspecified atom stereocenters. The molecule has 0 fully saturated rings. The highest BCUT2D eigenvalue weighted by atomic mass is 35.5. The van der Waals surface area contributed by atoms with E-state index in [0.29, 0.717) is 0 Å². The van der Waals surface area contributed by atoms with Crippen LogP contribution in [0.2, 0.25) is 10.0 Å². The van der Waals surface area contributed by atoms with Crippen molar-refractivity contribution in [2.24, 2.45) is 0 Å². The second kappa shape index (κ2) is 6.00. The molecule has 1 amide bonds. The van der Waals surface area contributed by atoms with Gasteiger partial charge in [-0.15, -0.1) is 0 Å². The Morgan fingerprint density at radius 2 is 2.00 bits per heavy atom. The topological polar surface area (TPSA) is 78.9 Å². The van der Waals surface area contributed by atoms with Crippen LogP contribution >= 0.6 is 23.2 Å². The molecular formula is C14H8Cl2FN3O. The van der Waals surface area contributed by atoms with Crippen LogP contribution in [-0.2, 0) is 0 Å². The molecule has 0 aliphatic heterocycles. The lowest BCUT2D eigenvalue weighted by atomic mass is 10.1. The summed E-state index contributed by atoms with van der Waals surface area (Å²) in [6, 6.07) is 8.18. The fourth-order valence-corrected chi connectivity index (χ4v) is 1.96. The average molecular weight is 324 g/mol. The number of amides is 1. The van der Waals surface area contributed by atoms with Crippen molar-refractivity contribution in [3.05, 3.63) is 57.3 Å². The Bertz CT molecular complexity index is 748. The van der Waals surface area contributed by atoms with Gasteiger partial charge in [0, 0.05) is 5.56 Å². The minimum atomic E-state index is -0.713. The number of benzene rings is 2. The summed E-state index contributed by atoms with van der Waals surface area (Å²) in [5.41, 5.74) is 6.01. The van der Waals surface area contributed by atoms with Gasteiger partial charge in [0.05, 0.1) is 33.1 Å². The Labute approximate surface area is 129 Å². The molecule has 0 aliphatic carbocycles. The number of nitrogens with two attached hydrogens (primary N) is 1. The molecule has 106 valence electrons. The normalized spacial score (nSPS) is 10.0. The smallest absolute Gasteiger partial charge is 0.255 e. The third-order valence-corrected chi connectivity index (χ3v) is 3.48. The molecule has 0 atom stereocenters. The molecule has 3 N–H and O–H groups in total. The van der Waals surface area contributed by atoms with E-state index < -0.39 is 11.7 Å². The molecule has 0 saturated heterocycles. The zero-order valence-corrected chi connectivity index (χ0v) is 12.0. The van der Waals surface area contributed by atoms with E-state index in [2.05, 4.69) is 5.32 Å². The average Bonchev–Trinajstić information content (AvgIpc) is 2.46. The van der Waals surface area contributed by atoms with Gasteiger partial charge in [-0.05, 0) is 30.3 Å². The van der Waals surface area contributed by atoms with Crippen LogP contribution in [0.1, 0.15) is 15.9 Å². The summed E-state index contributed by atoms with van der Waals surface area (Å²) in [6.07, 6.45) is 0. The highest BCUT2D eigenvalue weighted by Crippen LogP contribution is 2.29. The van der Waals surface area contributed by atoms with E-state index in [1.54, 1.807) is 6.07 Å². The summed E-state index contributed by atoms with van der Waals surface area (Å²) in [4.78, 5) is 12.0. The Morgan fingerprint density at radius 3 is 2.57 bits per heavy atom. The van der Waals surface area contributed by atoms with Crippen molar-refractivity contribution >= 4 is 40.5 Å². The van der Waals surface area contributed by atoms with E-state index in [0.717, 1.165) is 6.07 Å². The number of nitrogens with one attached hydrogen (secondary N) is 1. The maximum absolute atomic E-state index is 13.7. The van der Waals surface area contributed by atoms with Gasteiger partial charge < -0.3 is 11.1 Å². The molecule has 0 bridgehead atoms. The molecule has 0 saturated carbocycles. The summed E-state index contributed by atoms with van der Waals surface area (Å²) >= 11 is 11.6. The summed E-state index contributed by atoms with van der Waals surface area (Å²) < 4.78 is 13.7. The number of nitrogen functional groups attached to an aromatic ring is 1. The second-order valence-corrected chi connectivity index (χ2v) is 4.91. The van der Waals surface area contributed by atoms with Gasteiger partial charge in [0.2, 0.25) is 0 Å². The lowest BCUT2D eigenvalue weighted by Crippen LogP contribution is -2.13. The molecule has 2 aromatic rings. The molecule has 0 radical (unpaired) electrons. The van der Waals surface area contributed by atoms with Gasteiger partial charge in [0.25, 0.3) is 5.91 Å². The van der Waals surface area contributed by atoms with Crippen molar-refractivity contribution < 1.29 is 9.18 Å². The predicted octanol–water partition coefficient (Wildman–Crippen LogP) is 3.84. The third kappa shape index (κ3) is 3.24. The molecule has 0 heterocycles. The van der Waals surface area contributed by atoms with Crippen LogP contribution in [0.15, 0.2) is 30.3 Å². The fraction of sp³-hybridized carbons (Fsp3) is 0. The summed E-state index contributed by atoms with van der Waals surface area (Å²) in [5, 5.41) is 11.3. The number of anilines is 2. The van der Waals surface area contributed by atoms with Crippen LogP contribution in [-0.4, -0.2) is 5.91 Å². The van der Waals surface area contributed by atoms with E-state index in [1.165, 1.54) is 24.3 Å². The van der Waals surface area contributed by atoms with Crippen LogP contribution in [0.3, 0.4) is 0 Å². The first-order chi connectivity index (χ1) is 9.92. The molecule has 7 heteroatoms. The van der Waals surface area contributed by atoms with Gasteiger partial charge in [0.15, 0.2) is 0 Å². The molecular weight excluding hydrogens is 316 g/mol. The van der Waals surface area contributed by atoms with E-state index >= 15 is 0 Å². The highest BCUT2D eigenvalue weighted by molar-refractivity contribution is 6.44. The number of carbonyl (C=O) groups excluding carboxylic acids is 1. The first-order valence-corrected chi connectivity index (χ1v) is 6.43. The van der Waals surface area contributed by atoms with Crippen molar-refractivity contribution in [3.8, 4) is 6.07 Å². The van der Waals surface area contributed by atoms with Crippen molar-refractivity contribution in [1.82, 2.24) is 0 Å². The van der Waals surface area contributed by atoms with Crippen molar-refractivity contribution in [1.29, 1.82) is 5.26 Å². The standard InChI is InChI=1S/C14H8Cl2FN3O/c15-9-4-8(5-11(19)13(9)16)14(21)20-12-2-1-7(6-18)3-10(12)17/h1-5H,19H2,(H,20,21). The molecule has 0 aliphatic rings. The maximum atomic E-state index is 13.7. The first-order valence-electron chi connectivity index (χ1n) is 5.68. The van der Waals surface area contributed by atoms with E-state index in [9.17, 15) is 9.18 Å². The zero-order chi connectivity index (χ0) is 15.6. The zero-order valence-electron chi connectivity index (χ0n) is 10.5. The number of rotatable bonds is 2. The van der Waals surface area contributed by atoms with Gasteiger partial charge in [0.1, 0.15) is 5.82 Å². The number of carbonyl (C=O) groups is 1. The number of hydrogen-bond acceptors (Lipinski definition) is 3. The summed E-state index contributed by atoms with van der Waals surface area (Å²) in [7, 11) is 0. The van der Waals surface area contributed by atoms with Crippen LogP contribution < -0.4 is 11.1 Å². The molecule has 0 aromatic heterocycles. The Balaban J connectivity index is 2.28. The number of nitrogens with zero attached hydrogens (tertiary/aromatic N) is 1. The maximum Gasteiger partial charge on any atom is 0.255 e. The first kappa shape index (κ1) is 15.1. The lowest BCUT2D eigenvalue weighted by molar-refractivity contribution is 0.102. The monoisotopic (exact) mass is 323 g/mol. The largest absolute Gasteiger partial charge is 0.397 e. The lowest BCUT2D eigenvalue weighted by Gasteiger charge is -2.09. The van der Waals surface area contributed by atoms with Gasteiger partial charge in [-0.2, -0.15) is 5.26 Å². The van der Waals surface area contributed by atoms with Crippen molar-refractivity contribution in [2.45, 2.75) is 0 Å². The Kier molecular flexibility index (Phi) is 4.32. The number of halogens is 3. The molecule has 4 nitrogen and oxygen atoms in total. The van der Waals surface area contributed by atoms with Crippen molar-refractivity contribution in [2.75, 3.05) is 11.1 Å². The molecule has 2 aromatic carbocycles. The molecule has 2 rings (SSSR count). The quantitative estimate of drug-likeness (QED) is 0.824. The van der Waals surface area contributed by atoms with Gasteiger partial charge in [-0.1, -0.05) is 23.2 Å². The molecule has 21 heavy (non-hydrogen) atoms. The fourth-order valence-electron chi connectivity index (χ4n) is 1.62. The van der Waals surface area contributed by atoms with Crippen LogP contribution in [0.4, 0.5) is 15.8 Å². The van der Waals surface area contributed by atoms with E-state index in [4.69, 9.17) is 34.2 Å². The second-order valence-electron chi connectivity index (χ2n) is 4.12. The minimum Gasteiger partial charge on any atom is -0.397 e. The van der Waals surface area contributed by atoms with Gasteiger partial charge in [-0.3, -0.25) is 4.79 Å². The number of hydrogen-bond donors (Lipinski definition) is 2. The van der Waals surface area contributed by atoms with Gasteiger partial charge >= 0.3 is 0 Å². The SMILES string of the molecule is N#Cc1ccc(NC(=O)c2cc(N)c(Cl)c(Cl)c2)c(F)c1. The molecule has 0 spiro atoms. The Hall–Kier alpha value is -2.29. The van der Waals surface area contributed by atoms with E-state index in [-0.39, 0.29) is 32.5 Å². The van der Waals surface area contributed by atoms with Crippen LogP contribution in [0.25, 0.3) is 0 Å². The van der Waals surface area contributed by atoms with Crippen LogP contribution in [0.5, 0.6) is 0 Å². The van der Waals surface area contributed by atoms with Crippen LogP contribution in [0, 0.1) is 17.1 Å². The summed E-state index contributed by atoms with van der Waals surface area (Å²) in [5.74, 6) is -1.31.